The number of carboxylic acid groups (broad SMARTS) is 1. The second kappa shape index (κ2) is 5.86. The number of nitrogens with zero attached hydrogens (tertiary/aromatic N) is 1. The Labute approximate surface area is 125 Å². The Morgan fingerprint density at radius 3 is 2.56 bits per heavy atom. The average molecular weight is 389 g/mol. The average Bonchev–Trinajstić information content (AvgIpc) is 2.31. The fraction of sp³-hybridized carbons (Fsp3) is 0. The Bertz CT molecular complexity index is 604. The monoisotopic (exact) mass is 387 g/mol. The first kappa shape index (κ1) is 13.6. The van der Waals surface area contributed by atoms with Gasteiger partial charge in [-0.1, -0.05) is 17.8 Å². The molecule has 6 heteroatoms. The third-order valence-electron chi connectivity index (χ3n) is 2.12. The van der Waals surface area contributed by atoms with Crippen molar-refractivity contribution < 1.29 is 9.90 Å². The van der Waals surface area contributed by atoms with Gasteiger partial charge >= 0.3 is 5.97 Å². The predicted molar refractivity (Wildman–Crippen MR) is 77.2 cm³/mol. The second-order valence-corrected chi connectivity index (χ2v) is 6.05. The van der Waals surface area contributed by atoms with Gasteiger partial charge in [0.1, 0.15) is 5.03 Å². The molecule has 0 amide bonds. The van der Waals surface area contributed by atoms with Gasteiger partial charge in [-0.2, -0.15) is 0 Å². The zero-order valence-electron chi connectivity index (χ0n) is 8.93. The highest BCUT2D eigenvalue weighted by molar-refractivity contribution is 9.10. The highest BCUT2D eigenvalue weighted by Crippen LogP contribution is 2.35. The molecular weight excluding hydrogens is 382 g/mol. The molecule has 0 spiro atoms. The van der Waals surface area contributed by atoms with Crippen LogP contribution in [0.5, 0.6) is 0 Å². The Kier molecular flexibility index (Phi) is 4.42. The molecule has 0 radical (unpaired) electrons. The first-order chi connectivity index (χ1) is 8.59. The first-order valence-electron chi connectivity index (χ1n) is 4.90. The summed E-state index contributed by atoms with van der Waals surface area (Å²) in [6.45, 7) is 0. The van der Waals surface area contributed by atoms with Crippen molar-refractivity contribution in [2.24, 2.45) is 0 Å². The van der Waals surface area contributed by atoms with E-state index in [2.05, 4.69) is 36.8 Å². The van der Waals surface area contributed by atoms with Gasteiger partial charge in [-0.15, -0.1) is 0 Å². The van der Waals surface area contributed by atoms with Gasteiger partial charge in [-0.05, 0) is 56.1 Å². The fourth-order valence-electron chi connectivity index (χ4n) is 1.35. The highest BCUT2D eigenvalue weighted by Gasteiger charge is 2.16. The maximum Gasteiger partial charge on any atom is 0.338 e. The Hall–Kier alpha value is -0.850. The van der Waals surface area contributed by atoms with Crippen LogP contribution in [0.2, 0.25) is 0 Å². The van der Waals surface area contributed by atoms with Gasteiger partial charge < -0.3 is 5.11 Å². The predicted octanol–water partition coefficient (Wildman–Crippen LogP) is 4.46. The number of hydrogen-bond donors (Lipinski definition) is 1. The summed E-state index contributed by atoms with van der Waals surface area (Å²) in [5.74, 6) is -0.961. The molecule has 92 valence electrons. The number of carboxylic acids is 1. The van der Waals surface area contributed by atoms with Crippen molar-refractivity contribution in [3.8, 4) is 0 Å². The van der Waals surface area contributed by atoms with Crippen LogP contribution in [0, 0.1) is 0 Å². The lowest BCUT2D eigenvalue weighted by Gasteiger charge is -2.07. The van der Waals surface area contributed by atoms with Crippen molar-refractivity contribution >= 4 is 49.6 Å². The minimum atomic E-state index is -0.961. The molecule has 0 unspecified atom stereocenters. The summed E-state index contributed by atoms with van der Waals surface area (Å²) >= 11 is 7.96. The van der Waals surface area contributed by atoms with E-state index in [4.69, 9.17) is 0 Å². The molecular formula is C12H7Br2NO2S. The SMILES string of the molecule is O=C(O)c1c(Br)cccc1Sc1ncccc1Br. The Morgan fingerprint density at radius 1 is 1.17 bits per heavy atom. The zero-order chi connectivity index (χ0) is 13.1. The number of aromatic nitrogens is 1. The summed E-state index contributed by atoms with van der Waals surface area (Å²) in [6.07, 6.45) is 1.67. The lowest BCUT2D eigenvalue weighted by Crippen LogP contribution is -2.00. The third kappa shape index (κ3) is 2.93. The van der Waals surface area contributed by atoms with Crippen LogP contribution in [0.3, 0.4) is 0 Å². The topological polar surface area (TPSA) is 50.2 Å². The van der Waals surface area contributed by atoms with Crippen molar-refractivity contribution in [2.45, 2.75) is 9.92 Å². The van der Waals surface area contributed by atoms with Gasteiger partial charge in [0.25, 0.3) is 0 Å². The van der Waals surface area contributed by atoms with E-state index in [0.717, 1.165) is 9.50 Å². The number of pyridine rings is 1. The molecule has 0 saturated carbocycles. The molecule has 0 atom stereocenters. The van der Waals surface area contributed by atoms with Crippen LogP contribution >= 0.6 is 43.6 Å². The van der Waals surface area contributed by atoms with Crippen molar-refractivity contribution in [3.63, 3.8) is 0 Å². The van der Waals surface area contributed by atoms with Crippen LogP contribution in [0.25, 0.3) is 0 Å². The number of aromatic carboxylic acids is 1. The lowest BCUT2D eigenvalue weighted by molar-refractivity contribution is 0.0692. The lowest BCUT2D eigenvalue weighted by atomic mass is 10.2. The van der Waals surface area contributed by atoms with Crippen LogP contribution in [-0.2, 0) is 0 Å². The van der Waals surface area contributed by atoms with Crippen LogP contribution in [-0.4, -0.2) is 16.1 Å². The van der Waals surface area contributed by atoms with Gasteiger partial charge in [-0.3, -0.25) is 0 Å². The molecule has 1 heterocycles. The largest absolute Gasteiger partial charge is 0.478 e. The molecule has 0 aliphatic heterocycles. The Morgan fingerprint density at radius 2 is 1.89 bits per heavy atom. The standard InChI is InChI=1S/C12H7Br2NO2S/c13-7-3-1-5-9(10(7)12(16)17)18-11-8(14)4-2-6-15-11/h1-6H,(H,16,17). The van der Waals surface area contributed by atoms with Gasteiger partial charge in [-0.25, -0.2) is 9.78 Å². The van der Waals surface area contributed by atoms with Gasteiger partial charge in [0, 0.05) is 15.6 Å². The summed E-state index contributed by atoms with van der Waals surface area (Å²) in [7, 11) is 0. The van der Waals surface area contributed by atoms with Crippen molar-refractivity contribution in [1.29, 1.82) is 0 Å². The third-order valence-corrected chi connectivity index (χ3v) is 4.76. The number of carbonyl (C=O) groups is 1. The molecule has 0 fully saturated rings. The summed E-state index contributed by atoms with van der Waals surface area (Å²) in [5.41, 5.74) is 0.250. The molecule has 2 aromatic rings. The van der Waals surface area contributed by atoms with Crippen molar-refractivity contribution in [1.82, 2.24) is 4.98 Å². The molecule has 0 bridgehead atoms. The van der Waals surface area contributed by atoms with E-state index in [0.29, 0.717) is 9.37 Å². The fourth-order valence-corrected chi connectivity index (χ4v) is 3.45. The minimum absolute atomic E-state index is 0.250. The van der Waals surface area contributed by atoms with Crippen molar-refractivity contribution in [3.05, 3.63) is 51.0 Å². The maximum absolute atomic E-state index is 11.2. The zero-order valence-corrected chi connectivity index (χ0v) is 12.9. The number of halogens is 2. The molecule has 0 aliphatic carbocycles. The normalized spacial score (nSPS) is 10.3. The molecule has 0 saturated heterocycles. The molecule has 3 nitrogen and oxygen atoms in total. The van der Waals surface area contributed by atoms with E-state index in [-0.39, 0.29) is 5.56 Å². The van der Waals surface area contributed by atoms with E-state index < -0.39 is 5.97 Å². The molecule has 1 N–H and O–H groups in total. The quantitative estimate of drug-likeness (QED) is 0.843. The van der Waals surface area contributed by atoms with Gasteiger partial charge in [0.2, 0.25) is 0 Å². The summed E-state index contributed by atoms with van der Waals surface area (Å²) in [6, 6.07) is 8.96. The van der Waals surface area contributed by atoms with E-state index in [1.165, 1.54) is 11.8 Å². The van der Waals surface area contributed by atoms with E-state index in [1.807, 2.05) is 12.1 Å². The summed E-state index contributed by atoms with van der Waals surface area (Å²) < 4.78 is 1.40. The number of rotatable bonds is 3. The van der Waals surface area contributed by atoms with Gasteiger partial charge in [0.05, 0.1) is 10.0 Å². The Balaban J connectivity index is 2.44. The molecule has 0 aliphatic rings. The van der Waals surface area contributed by atoms with Crippen LogP contribution < -0.4 is 0 Å². The smallest absolute Gasteiger partial charge is 0.338 e. The minimum Gasteiger partial charge on any atom is -0.478 e. The number of hydrogen-bond acceptors (Lipinski definition) is 3. The maximum atomic E-state index is 11.2. The molecule has 1 aromatic heterocycles. The summed E-state index contributed by atoms with van der Waals surface area (Å²) in [4.78, 5) is 16.1. The summed E-state index contributed by atoms with van der Waals surface area (Å²) in [5, 5.41) is 9.95. The van der Waals surface area contributed by atoms with Gasteiger partial charge in [0.15, 0.2) is 0 Å². The first-order valence-corrected chi connectivity index (χ1v) is 7.30. The van der Waals surface area contributed by atoms with Crippen LogP contribution in [0.4, 0.5) is 0 Å². The molecule has 2 rings (SSSR count). The second-order valence-electron chi connectivity index (χ2n) is 3.31. The van der Waals surface area contributed by atoms with E-state index in [9.17, 15) is 9.90 Å². The van der Waals surface area contributed by atoms with Crippen LogP contribution in [0.1, 0.15) is 10.4 Å². The molecule has 18 heavy (non-hydrogen) atoms. The van der Waals surface area contributed by atoms with E-state index in [1.54, 1.807) is 24.4 Å². The van der Waals surface area contributed by atoms with Crippen LogP contribution in [0.15, 0.2) is 55.4 Å². The van der Waals surface area contributed by atoms with E-state index >= 15 is 0 Å². The number of benzene rings is 1. The highest BCUT2D eigenvalue weighted by atomic mass is 79.9. The molecule has 1 aromatic carbocycles. The van der Waals surface area contributed by atoms with Crippen molar-refractivity contribution in [2.75, 3.05) is 0 Å².